The van der Waals surface area contributed by atoms with Crippen LogP contribution in [-0.2, 0) is 0 Å². The zero-order valence-corrected chi connectivity index (χ0v) is 12.4. The number of H-pyrrole nitrogens is 1. The normalized spacial score (nSPS) is 13.2. The lowest BCUT2D eigenvalue weighted by Crippen LogP contribution is -2.23. The molecule has 0 saturated heterocycles. The number of pyridine rings is 1. The highest BCUT2D eigenvalue weighted by molar-refractivity contribution is 6.26. The molecule has 3 heterocycles. The Morgan fingerprint density at radius 2 is 1.75 bits per heavy atom. The van der Waals surface area contributed by atoms with Crippen molar-refractivity contribution < 1.29 is 9.59 Å². The topological polar surface area (TPSA) is 80.1 Å². The lowest BCUT2D eigenvalue weighted by molar-refractivity contribution is 0.0968. The SMILES string of the molecule is O=C1c2ncccc2C(=O)c2c1nc1cc(-c3ccccc3)[nH]n21. The van der Waals surface area contributed by atoms with Crippen molar-refractivity contribution in [3.8, 4) is 11.3 Å². The van der Waals surface area contributed by atoms with Crippen LogP contribution in [0.1, 0.15) is 32.2 Å². The van der Waals surface area contributed by atoms with Crippen LogP contribution >= 0.6 is 0 Å². The Morgan fingerprint density at radius 1 is 0.917 bits per heavy atom. The van der Waals surface area contributed by atoms with E-state index in [2.05, 4.69) is 15.1 Å². The smallest absolute Gasteiger partial charge is 0.232 e. The molecule has 0 unspecified atom stereocenters. The second-order valence-electron chi connectivity index (χ2n) is 5.60. The molecule has 0 atom stereocenters. The molecule has 0 bridgehead atoms. The summed E-state index contributed by atoms with van der Waals surface area (Å²) in [5.41, 5.74) is 3.24. The van der Waals surface area contributed by atoms with Crippen LogP contribution in [0.4, 0.5) is 0 Å². The molecule has 1 N–H and O–H groups in total. The summed E-state index contributed by atoms with van der Waals surface area (Å²) in [4.78, 5) is 33.8. The van der Waals surface area contributed by atoms with Gasteiger partial charge in [0.2, 0.25) is 11.6 Å². The molecule has 0 amide bonds. The van der Waals surface area contributed by atoms with Crippen molar-refractivity contribution >= 4 is 17.2 Å². The number of imidazole rings is 1. The first kappa shape index (κ1) is 13.0. The Kier molecular flexibility index (Phi) is 2.42. The molecule has 1 aliphatic carbocycles. The molecule has 1 aromatic carbocycles. The van der Waals surface area contributed by atoms with Gasteiger partial charge in [0.05, 0.1) is 11.3 Å². The zero-order valence-electron chi connectivity index (χ0n) is 12.4. The van der Waals surface area contributed by atoms with Gasteiger partial charge in [-0.3, -0.25) is 19.7 Å². The second-order valence-corrected chi connectivity index (χ2v) is 5.60. The number of rotatable bonds is 1. The van der Waals surface area contributed by atoms with Gasteiger partial charge in [-0.2, -0.15) is 0 Å². The van der Waals surface area contributed by atoms with Crippen LogP contribution in [0.3, 0.4) is 0 Å². The Bertz CT molecular complexity index is 1140. The van der Waals surface area contributed by atoms with Crippen LogP contribution in [0.5, 0.6) is 0 Å². The first-order chi connectivity index (χ1) is 11.7. The van der Waals surface area contributed by atoms with E-state index < -0.39 is 0 Å². The van der Waals surface area contributed by atoms with Gasteiger partial charge in [-0.05, 0) is 17.7 Å². The highest BCUT2D eigenvalue weighted by atomic mass is 16.1. The first-order valence-corrected chi connectivity index (χ1v) is 7.45. The van der Waals surface area contributed by atoms with E-state index in [0.29, 0.717) is 11.2 Å². The molecular formula is C18H10N4O2. The fraction of sp³-hybridized carbons (Fsp3) is 0. The van der Waals surface area contributed by atoms with Crippen LogP contribution in [0, 0.1) is 0 Å². The zero-order chi connectivity index (χ0) is 16.3. The number of nitrogens with zero attached hydrogens (tertiary/aromatic N) is 3. The molecule has 6 heteroatoms. The molecule has 0 aliphatic heterocycles. The molecule has 0 radical (unpaired) electrons. The predicted octanol–water partition coefficient (Wildman–Crippen LogP) is 2.50. The van der Waals surface area contributed by atoms with Crippen LogP contribution < -0.4 is 0 Å². The number of carbonyl (C=O) groups is 2. The quantitative estimate of drug-likeness (QED) is 0.515. The summed E-state index contributed by atoms with van der Waals surface area (Å²) < 4.78 is 1.58. The summed E-state index contributed by atoms with van der Waals surface area (Å²) in [5.74, 6) is -0.569. The third kappa shape index (κ3) is 1.59. The molecule has 0 spiro atoms. The number of aromatic amines is 1. The Balaban J connectivity index is 1.75. The average molecular weight is 314 g/mol. The van der Waals surface area contributed by atoms with Crippen molar-refractivity contribution in [2.45, 2.75) is 0 Å². The van der Waals surface area contributed by atoms with Gasteiger partial charge in [0.15, 0.2) is 5.65 Å². The molecular weight excluding hydrogens is 304 g/mol. The van der Waals surface area contributed by atoms with E-state index >= 15 is 0 Å². The van der Waals surface area contributed by atoms with Crippen molar-refractivity contribution in [1.29, 1.82) is 0 Å². The van der Waals surface area contributed by atoms with Gasteiger partial charge < -0.3 is 0 Å². The minimum Gasteiger partial charge on any atom is -0.291 e. The highest BCUT2D eigenvalue weighted by Crippen LogP contribution is 2.28. The standard InChI is InChI=1S/C18H10N4O2/c23-17-11-7-4-8-19-14(11)18(24)15-16(17)22-13(20-15)9-12(21-22)10-5-2-1-3-6-10/h1-9,21H. The molecule has 4 aromatic rings. The Morgan fingerprint density at radius 3 is 2.58 bits per heavy atom. The van der Waals surface area contributed by atoms with Gasteiger partial charge in [-0.25, -0.2) is 9.50 Å². The summed E-state index contributed by atoms with van der Waals surface area (Å²) in [6.07, 6.45) is 1.50. The maximum Gasteiger partial charge on any atom is 0.232 e. The van der Waals surface area contributed by atoms with Crippen LogP contribution in [0.25, 0.3) is 16.9 Å². The maximum atomic E-state index is 12.8. The number of fused-ring (bicyclic) bond motifs is 4. The summed E-state index contributed by atoms with van der Waals surface area (Å²) >= 11 is 0. The van der Waals surface area contributed by atoms with E-state index in [1.54, 1.807) is 16.6 Å². The third-order valence-corrected chi connectivity index (χ3v) is 4.19. The fourth-order valence-electron chi connectivity index (χ4n) is 3.07. The van der Waals surface area contributed by atoms with Crippen LogP contribution in [0.2, 0.25) is 0 Å². The van der Waals surface area contributed by atoms with Crippen LogP contribution in [-0.4, -0.2) is 31.1 Å². The van der Waals surface area contributed by atoms with E-state index in [-0.39, 0.29) is 28.6 Å². The number of ketones is 2. The van der Waals surface area contributed by atoms with Crippen molar-refractivity contribution in [2.75, 3.05) is 0 Å². The predicted molar refractivity (Wildman–Crippen MR) is 86.1 cm³/mol. The first-order valence-electron chi connectivity index (χ1n) is 7.45. The van der Waals surface area contributed by atoms with Crippen molar-refractivity contribution in [3.05, 3.63) is 77.4 Å². The minimum absolute atomic E-state index is 0.150. The van der Waals surface area contributed by atoms with Gasteiger partial charge in [-0.1, -0.05) is 30.3 Å². The van der Waals surface area contributed by atoms with E-state index in [9.17, 15) is 9.59 Å². The second kappa shape index (κ2) is 4.48. The van der Waals surface area contributed by atoms with E-state index in [4.69, 9.17) is 0 Å². The largest absolute Gasteiger partial charge is 0.291 e. The average Bonchev–Trinajstić information content (AvgIpc) is 3.18. The van der Waals surface area contributed by atoms with Crippen molar-refractivity contribution in [1.82, 2.24) is 19.6 Å². The molecule has 0 fully saturated rings. The van der Waals surface area contributed by atoms with Crippen molar-refractivity contribution in [3.63, 3.8) is 0 Å². The number of hydrogen-bond donors (Lipinski definition) is 1. The van der Waals surface area contributed by atoms with Gasteiger partial charge in [0.25, 0.3) is 0 Å². The van der Waals surface area contributed by atoms with Crippen LogP contribution in [0.15, 0.2) is 54.7 Å². The number of hydrogen-bond acceptors (Lipinski definition) is 4. The summed E-state index contributed by atoms with van der Waals surface area (Å²) in [7, 11) is 0. The van der Waals surface area contributed by atoms with E-state index in [1.165, 1.54) is 6.20 Å². The van der Waals surface area contributed by atoms with Gasteiger partial charge in [0.1, 0.15) is 17.1 Å². The van der Waals surface area contributed by atoms with Gasteiger partial charge in [-0.15, -0.1) is 0 Å². The summed E-state index contributed by atoms with van der Waals surface area (Å²) in [6.45, 7) is 0. The number of carbonyl (C=O) groups excluding carboxylic acids is 2. The summed E-state index contributed by atoms with van der Waals surface area (Å²) in [6, 6.07) is 14.8. The molecule has 1 aliphatic rings. The summed E-state index contributed by atoms with van der Waals surface area (Å²) in [5, 5.41) is 3.16. The molecule has 5 rings (SSSR count). The number of aromatic nitrogens is 4. The van der Waals surface area contributed by atoms with Gasteiger partial charge >= 0.3 is 0 Å². The lowest BCUT2D eigenvalue weighted by atomic mass is 9.94. The lowest BCUT2D eigenvalue weighted by Gasteiger charge is -2.11. The Labute approximate surface area is 135 Å². The molecule has 0 saturated carbocycles. The molecule has 3 aromatic heterocycles. The number of benzene rings is 1. The maximum absolute atomic E-state index is 12.8. The monoisotopic (exact) mass is 314 g/mol. The van der Waals surface area contributed by atoms with Gasteiger partial charge in [0, 0.05) is 12.3 Å². The van der Waals surface area contributed by atoms with E-state index in [0.717, 1.165) is 11.3 Å². The van der Waals surface area contributed by atoms with Crippen molar-refractivity contribution in [2.24, 2.45) is 0 Å². The highest BCUT2D eigenvalue weighted by Gasteiger charge is 2.35. The fourth-order valence-corrected chi connectivity index (χ4v) is 3.07. The third-order valence-electron chi connectivity index (χ3n) is 4.19. The minimum atomic E-state index is -0.321. The molecule has 6 nitrogen and oxygen atoms in total. The number of nitrogens with one attached hydrogen (secondary N) is 1. The Hall–Kier alpha value is -3.54. The molecule has 114 valence electrons. The van der Waals surface area contributed by atoms with E-state index in [1.807, 2.05) is 36.4 Å². The molecule has 24 heavy (non-hydrogen) atoms.